The molecule has 8 nitrogen and oxygen atoms in total. The molecule has 0 fully saturated rings. The molecule has 0 aliphatic rings. The molecular formula is C11H13ClN2O6S. The van der Waals surface area contributed by atoms with Crippen LogP contribution in [0.2, 0.25) is 5.02 Å². The third kappa shape index (κ3) is 4.96. The number of carbonyl (C=O) groups is 1. The highest BCUT2D eigenvalue weighted by Crippen LogP contribution is 2.26. The molecule has 0 atom stereocenters. The highest BCUT2D eigenvalue weighted by Gasteiger charge is 2.20. The van der Waals surface area contributed by atoms with Gasteiger partial charge in [-0.05, 0) is 18.6 Å². The number of nitrogens with one attached hydrogen (secondary N) is 1. The number of esters is 1. The maximum atomic E-state index is 11.9. The number of methoxy groups -OCH3 is 1. The van der Waals surface area contributed by atoms with Gasteiger partial charge < -0.3 is 4.74 Å². The van der Waals surface area contributed by atoms with Gasteiger partial charge in [0.2, 0.25) is 10.0 Å². The molecule has 0 heterocycles. The summed E-state index contributed by atoms with van der Waals surface area (Å²) in [5, 5.41) is 10.6. The standard InChI is InChI=1S/C11H13ClN2O6S/c1-20-11(15)3-2-6-13-21(18,19)8-4-5-9(12)10(7-8)14(16)17/h4-5,7,13H,2-3,6H2,1H3. The van der Waals surface area contributed by atoms with Crippen molar-refractivity contribution in [3.05, 3.63) is 33.3 Å². The second kappa shape index (κ2) is 7.34. The van der Waals surface area contributed by atoms with E-state index >= 15 is 0 Å². The molecule has 116 valence electrons. The summed E-state index contributed by atoms with van der Waals surface area (Å²) in [5.41, 5.74) is -0.492. The number of halogens is 1. The van der Waals surface area contributed by atoms with Crippen molar-refractivity contribution in [3.63, 3.8) is 0 Å². The molecular weight excluding hydrogens is 324 g/mol. The maximum absolute atomic E-state index is 11.9. The van der Waals surface area contributed by atoms with E-state index in [0.717, 1.165) is 18.2 Å². The minimum Gasteiger partial charge on any atom is -0.469 e. The molecule has 21 heavy (non-hydrogen) atoms. The highest BCUT2D eigenvalue weighted by molar-refractivity contribution is 7.89. The van der Waals surface area contributed by atoms with E-state index in [9.17, 15) is 23.3 Å². The summed E-state index contributed by atoms with van der Waals surface area (Å²) in [7, 11) is -2.67. The first-order valence-corrected chi connectivity index (χ1v) is 7.64. The molecule has 0 saturated carbocycles. The van der Waals surface area contributed by atoms with Gasteiger partial charge >= 0.3 is 5.97 Å². The number of nitrogens with zero attached hydrogens (tertiary/aromatic N) is 1. The monoisotopic (exact) mass is 336 g/mol. The molecule has 0 bridgehead atoms. The van der Waals surface area contributed by atoms with E-state index in [2.05, 4.69) is 9.46 Å². The zero-order chi connectivity index (χ0) is 16.0. The van der Waals surface area contributed by atoms with Crippen LogP contribution in [0.1, 0.15) is 12.8 Å². The Morgan fingerprint density at radius 2 is 2.14 bits per heavy atom. The molecule has 10 heteroatoms. The van der Waals surface area contributed by atoms with Crippen LogP contribution >= 0.6 is 11.6 Å². The topological polar surface area (TPSA) is 116 Å². The number of nitro benzene ring substituents is 1. The molecule has 0 aliphatic carbocycles. The highest BCUT2D eigenvalue weighted by atomic mass is 35.5. The number of ether oxygens (including phenoxy) is 1. The van der Waals surface area contributed by atoms with Crippen LogP contribution in [-0.4, -0.2) is 33.0 Å². The molecule has 1 aromatic rings. The Balaban J connectivity index is 2.77. The first-order chi connectivity index (χ1) is 9.77. The lowest BCUT2D eigenvalue weighted by molar-refractivity contribution is -0.384. The number of carbonyl (C=O) groups excluding carboxylic acids is 1. The third-order valence-corrected chi connectivity index (χ3v) is 4.28. The van der Waals surface area contributed by atoms with Gasteiger partial charge in [0.1, 0.15) is 5.02 Å². The predicted molar refractivity (Wildman–Crippen MR) is 74.5 cm³/mol. The number of hydrogen-bond acceptors (Lipinski definition) is 6. The largest absolute Gasteiger partial charge is 0.469 e. The van der Waals surface area contributed by atoms with Gasteiger partial charge in [-0.2, -0.15) is 0 Å². The van der Waals surface area contributed by atoms with Crippen LogP contribution in [0.25, 0.3) is 0 Å². The lowest BCUT2D eigenvalue weighted by Crippen LogP contribution is -2.25. The summed E-state index contributed by atoms with van der Waals surface area (Å²) in [5.74, 6) is -0.448. The van der Waals surface area contributed by atoms with Gasteiger partial charge in [0.15, 0.2) is 0 Å². The molecule has 0 radical (unpaired) electrons. The Bertz CT molecular complexity index is 646. The molecule has 0 saturated heterocycles. The van der Waals surface area contributed by atoms with Crippen molar-refractivity contribution < 1.29 is 22.9 Å². The van der Waals surface area contributed by atoms with Crippen molar-refractivity contribution in [2.75, 3.05) is 13.7 Å². The van der Waals surface area contributed by atoms with Crippen molar-refractivity contribution in [3.8, 4) is 0 Å². The summed E-state index contributed by atoms with van der Waals surface area (Å²) in [6.07, 6.45) is 0.321. The molecule has 1 N–H and O–H groups in total. The van der Waals surface area contributed by atoms with Gasteiger partial charge in [-0.25, -0.2) is 13.1 Å². The Labute approximate surface area is 126 Å². The smallest absolute Gasteiger partial charge is 0.305 e. The van der Waals surface area contributed by atoms with Crippen molar-refractivity contribution in [2.45, 2.75) is 17.7 Å². The normalized spacial score (nSPS) is 11.1. The summed E-state index contributed by atoms with van der Waals surface area (Å²) >= 11 is 5.61. The average molecular weight is 337 g/mol. The number of benzene rings is 1. The van der Waals surface area contributed by atoms with Crippen LogP contribution in [0, 0.1) is 10.1 Å². The van der Waals surface area contributed by atoms with Crippen LogP contribution in [-0.2, 0) is 19.6 Å². The minimum absolute atomic E-state index is 0.00780. The zero-order valence-electron chi connectivity index (χ0n) is 11.0. The van der Waals surface area contributed by atoms with Gasteiger partial charge in [0.25, 0.3) is 5.69 Å². The number of nitro groups is 1. The zero-order valence-corrected chi connectivity index (χ0v) is 12.6. The fourth-order valence-corrected chi connectivity index (χ4v) is 2.70. The maximum Gasteiger partial charge on any atom is 0.305 e. The Morgan fingerprint density at radius 1 is 1.48 bits per heavy atom. The van der Waals surface area contributed by atoms with E-state index in [4.69, 9.17) is 11.6 Å². The summed E-state index contributed by atoms with van der Waals surface area (Å²) in [6, 6.07) is 3.19. The Morgan fingerprint density at radius 3 is 2.71 bits per heavy atom. The molecule has 0 spiro atoms. The van der Waals surface area contributed by atoms with Crippen molar-refractivity contribution in [1.29, 1.82) is 0 Å². The molecule has 0 amide bonds. The Hall–Kier alpha value is -1.71. The van der Waals surface area contributed by atoms with Crippen LogP contribution in [0.4, 0.5) is 5.69 Å². The van der Waals surface area contributed by atoms with Gasteiger partial charge in [-0.15, -0.1) is 0 Å². The summed E-state index contributed by atoms with van der Waals surface area (Å²) < 4.78 is 30.5. The molecule has 0 aromatic heterocycles. The van der Waals surface area contributed by atoms with E-state index in [-0.39, 0.29) is 29.3 Å². The second-order valence-corrected chi connectivity index (χ2v) is 6.12. The van der Waals surface area contributed by atoms with E-state index < -0.39 is 26.6 Å². The summed E-state index contributed by atoms with van der Waals surface area (Å²) in [6.45, 7) is 0.00780. The van der Waals surface area contributed by atoms with Crippen LogP contribution in [0.15, 0.2) is 23.1 Å². The van der Waals surface area contributed by atoms with Crippen LogP contribution in [0.3, 0.4) is 0 Å². The van der Waals surface area contributed by atoms with Gasteiger partial charge in [0, 0.05) is 19.0 Å². The fraction of sp³-hybridized carbons (Fsp3) is 0.364. The first kappa shape index (κ1) is 17.3. The number of rotatable bonds is 7. The average Bonchev–Trinajstić information content (AvgIpc) is 2.43. The van der Waals surface area contributed by atoms with Crippen molar-refractivity contribution >= 4 is 33.3 Å². The van der Waals surface area contributed by atoms with E-state index in [1.54, 1.807) is 0 Å². The fourth-order valence-electron chi connectivity index (χ4n) is 1.42. The lowest BCUT2D eigenvalue weighted by atomic mass is 10.3. The first-order valence-electron chi connectivity index (χ1n) is 5.78. The minimum atomic E-state index is -3.90. The quantitative estimate of drug-likeness (QED) is 0.349. The van der Waals surface area contributed by atoms with E-state index in [0.29, 0.717) is 0 Å². The number of sulfonamides is 1. The van der Waals surface area contributed by atoms with E-state index in [1.807, 2.05) is 0 Å². The number of hydrogen-bond donors (Lipinski definition) is 1. The van der Waals surface area contributed by atoms with Gasteiger partial charge in [-0.3, -0.25) is 14.9 Å². The van der Waals surface area contributed by atoms with Crippen LogP contribution < -0.4 is 4.72 Å². The van der Waals surface area contributed by atoms with E-state index in [1.165, 1.54) is 7.11 Å². The molecule has 0 aliphatic heterocycles. The van der Waals surface area contributed by atoms with Crippen LogP contribution in [0.5, 0.6) is 0 Å². The Kier molecular flexibility index (Phi) is 6.06. The van der Waals surface area contributed by atoms with Crippen molar-refractivity contribution in [1.82, 2.24) is 4.72 Å². The SMILES string of the molecule is COC(=O)CCCNS(=O)(=O)c1ccc(Cl)c([N+](=O)[O-])c1. The molecule has 1 aromatic carbocycles. The van der Waals surface area contributed by atoms with Crippen molar-refractivity contribution in [2.24, 2.45) is 0 Å². The lowest BCUT2D eigenvalue weighted by Gasteiger charge is -2.06. The molecule has 1 rings (SSSR count). The third-order valence-electron chi connectivity index (χ3n) is 2.50. The molecule has 0 unspecified atom stereocenters. The predicted octanol–water partition coefficient (Wildman–Crippen LogP) is 1.48. The summed E-state index contributed by atoms with van der Waals surface area (Å²) in [4.78, 5) is 20.6. The van der Waals surface area contributed by atoms with Gasteiger partial charge in [-0.1, -0.05) is 11.6 Å². The second-order valence-electron chi connectivity index (χ2n) is 3.95. The van der Waals surface area contributed by atoms with Gasteiger partial charge in [0.05, 0.1) is 16.9 Å².